The summed E-state index contributed by atoms with van der Waals surface area (Å²) in [7, 11) is 0. The number of unbranched alkanes of at least 4 members (excludes halogenated alkanes) is 1. The molecular weight excluding hydrogens is 540 g/mol. The quantitative estimate of drug-likeness (QED) is 0.110. The standard InChI is InChI=1S/C30H40N6O6/c1-18(37)26(29(40)35-25(30(41)42)16-20-17-33-23-12-6-5-11-21(20)23)36-28(39)24(13-7-8-14-31)34-27(38)22(32)15-19-9-3-2-4-10-19/h2-6,9-12,17-18,22,24-26,33,37H,7-8,13-16,31-32H2,1H3,(H,34,38)(H,35,40)(H,36,39)(H,41,42). The van der Waals surface area contributed by atoms with Crippen LogP contribution in [-0.2, 0) is 32.0 Å². The van der Waals surface area contributed by atoms with Crippen LogP contribution < -0.4 is 27.4 Å². The van der Waals surface area contributed by atoms with Gasteiger partial charge in [0.05, 0.1) is 12.1 Å². The lowest BCUT2D eigenvalue weighted by molar-refractivity contribution is -0.143. The third kappa shape index (κ3) is 9.13. The summed E-state index contributed by atoms with van der Waals surface area (Å²) in [5, 5.41) is 28.6. The number of carboxylic acid groups (broad SMARTS) is 1. The summed E-state index contributed by atoms with van der Waals surface area (Å²) in [6, 6.07) is 11.8. The first-order chi connectivity index (χ1) is 20.1. The Morgan fingerprint density at radius 3 is 2.19 bits per heavy atom. The molecule has 10 N–H and O–H groups in total. The van der Waals surface area contributed by atoms with Gasteiger partial charge >= 0.3 is 5.97 Å². The number of carbonyl (C=O) groups is 4. The lowest BCUT2D eigenvalue weighted by Crippen LogP contribution is -2.60. The fourth-order valence-corrected chi connectivity index (χ4v) is 4.64. The van der Waals surface area contributed by atoms with Crippen molar-refractivity contribution in [3.05, 3.63) is 71.9 Å². The summed E-state index contributed by atoms with van der Waals surface area (Å²) in [5.41, 5.74) is 14.1. The molecule has 5 unspecified atom stereocenters. The predicted molar refractivity (Wildman–Crippen MR) is 158 cm³/mol. The number of hydrogen-bond acceptors (Lipinski definition) is 7. The van der Waals surface area contributed by atoms with Gasteiger partial charge in [0, 0.05) is 23.5 Å². The third-order valence-corrected chi connectivity index (χ3v) is 6.99. The van der Waals surface area contributed by atoms with E-state index in [9.17, 15) is 29.4 Å². The monoisotopic (exact) mass is 580 g/mol. The fourth-order valence-electron chi connectivity index (χ4n) is 4.64. The van der Waals surface area contributed by atoms with E-state index in [4.69, 9.17) is 11.5 Å². The van der Waals surface area contributed by atoms with Crippen LogP contribution in [0.25, 0.3) is 10.9 Å². The molecule has 42 heavy (non-hydrogen) atoms. The molecule has 12 heteroatoms. The summed E-state index contributed by atoms with van der Waals surface area (Å²) >= 11 is 0. The molecule has 2 aromatic carbocycles. The Labute approximate surface area is 244 Å². The molecule has 1 heterocycles. The molecule has 0 spiro atoms. The van der Waals surface area contributed by atoms with Gasteiger partial charge in [-0.2, -0.15) is 0 Å². The highest BCUT2D eigenvalue weighted by atomic mass is 16.4. The van der Waals surface area contributed by atoms with Crippen molar-refractivity contribution in [1.82, 2.24) is 20.9 Å². The number of rotatable bonds is 16. The normalized spacial score (nSPS) is 14.8. The maximum Gasteiger partial charge on any atom is 0.326 e. The Morgan fingerprint density at radius 1 is 0.857 bits per heavy atom. The van der Waals surface area contributed by atoms with Gasteiger partial charge < -0.3 is 42.6 Å². The van der Waals surface area contributed by atoms with Crippen molar-refractivity contribution in [2.75, 3.05) is 6.54 Å². The van der Waals surface area contributed by atoms with Crippen LogP contribution in [0.2, 0.25) is 0 Å². The molecule has 5 atom stereocenters. The minimum Gasteiger partial charge on any atom is -0.480 e. The number of hydrogen-bond donors (Lipinski definition) is 8. The third-order valence-electron chi connectivity index (χ3n) is 6.99. The van der Waals surface area contributed by atoms with Gasteiger partial charge in [-0.25, -0.2) is 4.79 Å². The van der Waals surface area contributed by atoms with Gasteiger partial charge in [-0.1, -0.05) is 48.5 Å². The largest absolute Gasteiger partial charge is 0.480 e. The lowest BCUT2D eigenvalue weighted by atomic mass is 10.0. The van der Waals surface area contributed by atoms with Crippen LogP contribution in [0, 0.1) is 0 Å². The molecule has 3 rings (SSSR count). The molecule has 0 aliphatic rings. The summed E-state index contributed by atoms with van der Waals surface area (Å²) in [4.78, 5) is 54.4. The summed E-state index contributed by atoms with van der Waals surface area (Å²) < 4.78 is 0. The molecule has 0 fully saturated rings. The number of aliphatic hydroxyl groups is 1. The van der Waals surface area contributed by atoms with Crippen molar-refractivity contribution in [2.45, 2.75) is 69.3 Å². The molecular formula is C30H40N6O6. The molecule has 226 valence electrons. The van der Waals surface area contributed by atoms with Crippen molar-refractivity contribution in [1.29, 1.82) is 0 Å². The van der Waals surface area contributed by atoms with Gasteiger partial charge in [0.25, 0.3) is 0 Å². The second-order valence-corrected chi connectivity index (χ2v) is 10.3. The Hall–Kier alpha value is -4.26. The smallest absolute Gasteiger partial charge is 0.326 e. The number of nitrogens with one attached hydrogen (secondary N) is 4. The van der Waals surface area contributed by atoms with Crippen LogP contribution in [0.15, 0.2) is 60.8 Å². The number of aromatic nitrogens is 1. The van der Waals surface area contributed by atoms with Gasteiger partial charge in [0.15, 0.2) is 0 Å². The number of carboxylic acids is 1. The molecule has 1 aromatic heterocycles. The van der Waals surface area contributed by atoms with Crippen molar-refractivity contribution >= 4 is 34.6 Å². The van der Waals surface area contributed by atoms with Crippen LogP contribution in [0.5, 0.6) is 0 Å². The van der Waals surface area contributed by atoms with Crippen LogP contribution in [0.4, 0.5) is 0 Å². The number of amides is 3. The van der Waals surface area contributed by atoms with E-state index in [2.05, 4.69) is 20.9 Å². The topological polar surface area (TPSA) is 213 Å². The molecule has 0 bridgehead atoms. The molecule has 0 aliphatic heterocycles. The number of fused-ring (bicyclic) bond motifs is 1. The molecule has 12 nitrogen and oxygen atoms in total. The van der Waals surface area contributed by atoms with E-state index in [1.165, 1.54) is 6.92 Å². The molecule has 3 amide bonds. The molecule has 0 aliphatic carbocycles. The SMILES string of the molecule is CC(O)C(NC(=O)C(CCCCN)NC(=O)C(N)Cc1ccccc1)C(=O)NC(Cc1c[nH]c2ccccc12)C(=O)O. The number of nitrogens with two attached hydrogens (primary N) is 2. The zero-order chi connectivity index (χ0) is 30.6. The number of aliphatic carboxylic acids is 1. The summed E-state index contributed by atoms with van der Waals surface area (Å²) in [6.07, 6.45) is 1.89. The van der Waals surface area contributed by atoms with Gasteiger partial charge in [0.1, 0.15) is 18.1 Å². The van der Waals surface area contributed by atoms with Crippen LogP contribution >= 0.6 is 0 Å². The summed E-state index contributed by atoms with van der Waals surface area (Å²) in [5.74, 6) is -3.41. The van der Waals surface area contributed by atoms with E-state index in [1.807, 2.05) is 54.6 Å². The maximum absolute atomic E-state index is 13.3. The number of benzene rings is 2. The number of aliphatic hydroxyl groups excluding tert-OH is 1. The van der Waals surface area contributed by atoms with Crippen molar-refractivity contribution < 1.29 is 29.4 Å². The highest BCUT2D eigenvalue weighted by Crippen LogP contribution is 2.19. The fraction of sp³-hybridized carbons (Fsp3) is 0.400. The van der Waals surface area contributed by atoms with E-state index in [0.29, 0.717) is 24.9 Å². The maximum atomic E-state index is 13.3. The van der Waals surface area contributed by atoms with E-state index >= 15 is 0 Å². The predicted octanol–water partition coefficient (Wildman–Crippen LogP) is 0.329. The van der Waals surface area contributed by atoms with Gasteiger partial charge in [-0.3, -0.25) is 14.4 Å². The first-order valence-electron chi connectivity index (χ1n) is 14.0. The molecule has 0 radical (unpaired) electrons. The summed E-state index contributed by atoms with van der Waals surface area (Å²) in [6.45, 7) is 1.69. The molecule has 0 saturated carbocycles. The Bertz CT molecular complexity index is 1340. The molecule has 3 aromatic rings. The van der Waals surface area contributed by atoms with Gasteiger partial charge in [-0.15, -0.1) is 0 Å². The van der Waals surface area contributed by atoms with Crippen LogP contribution in [-0.4, -0.2) is 75.7 Å². The van der Waals surface area contributed by atoms with E-state index < -0.39 is 54.0 Å². The number of H-pyrrole nitrogens is 1. The molecule has 0 saturated heterocycles. The van der Waals surface area contributed by atoms with Gasteiger partial charge in [0.2, 0.25) is 17.7 Å². The second kappa shape index (κ2) is 15.7. The van der Waals surface area contributed by atoms with Gasteiger partial charge in [-0.05, 0) is 56.3 Å². The Kier molecular flexibility index (Phi) is 12.0. The minimum absolute atomic E-state index is 0.0252. The van der Waals surface area contributed by atoms with E-state index in [0.717, 1.165) is 16.5 Å². The van der Waals surface area contributed by atoms with Crippen LogP contribution in [0.1, 0.15) is 37.3 Å². The number of carbonyl (C=O) groups excluding carboxylic acids is 3. The van der Waals surface area contributed by atoms with Crippen molar-refractivity contribution in [3.63, 3.8) is 0 Å². The first kappa shape index (κ1) is 32.3. The Balaban J connectivity index is 1.69. The average molecular weight is 581 g/mol. The second-order valence-electron chi connectivity index (χ2n) is 10.3. The van der Waals surface area contributed by atoms with Crippen molar-refractivity contribution in [2.24, 2.45) is 11.5 Å². The average Bonchev–Trinajstić information content (AvgIpc) is 3.37. The van der Waals surface area contributed by atoms with E-state index in [1.54, 1.807) is 6.20 Å². The zero-order valence-electron chi connectivity index (χ0n) is 23.6. The highest BCUT2D eigenvalue weighted by Gasteiger charge is 2.33. The van der Waals surface area contributed by atoms with E-state index in [-0.39, 0.29) is 19.3 Å². The Morgan fingerprint density at radius 2 is 1.52 bits per heavy atom. The van der Waals surface area contributed by atoms with Crippen molar-refractivity contribution in [3.8, 4) is 0 Å². The van der Waals surface area contributed by atoms with Crippen LogP contribution in [0.3, 0.4) is 0 Å². The first-order valence-corrected chi connectivity index (χ1v) is 14.0. The zero-order valence-corrected chi connectivity index (χ0v) is 23.6. The number of para-hydroxylation sites is 1. The minimum atomic E-state index is -1.48. The highest BCUT2D eigenvalue weighted by molar-refractivity contribution is 5.94. The number of aromatic amines is 1. The lowest BCUT2D eigenvalue weighted by Gasteiger charge is -2.26.